The van der Waals surface area contributed by atoms with Crippen LogP contribution in [0.25, 0.3) is 0 Å². The lowest BCUT2D eigenvalue weighted by atomic mass is 10.0. The average Bonchev–Trinajstić information content (AvgIpc) is 3.36. The monoisotopic (exact) mass is 801 g/mol. The van der Waals surface area contributed by atoms with Gasteiger partial charge in [0, 0.05) is 77.3 Å². The van der Waals surface area contributed by atoms with Gasteiger partial charge in [-0.1, -0.05) is 29.8 Å². The number of urea groups is 1. The Hall–Kier alpha value is -5.29. The summed E-state index contributed by atoms with van der Waals surface area (Å²) in [5.41, 5.74) is 5.93. The number of para-hydroxylation sites is 1. The maximum Gasteiger partial charge on any atom is 0.418 e. The van der Waals surface area contributed by atoms with Crippen LogP contribution in [0.2, 0.25) is 5.02 Å². The van der Waals surface area contributed by atoms with Gasteiger partial charge in [0.25, 0.3) is 5.91 Å². The van der Waals surface area contributed by atoms with Crippen LogP contribution >= 0.6 is 11.6 Å². The third-order valence-corrected chi connectivity index (χ3v) is 10.5. The number of ether oxygens (including phenoxy) is 3. The molecule has 0 unspecified atom stereocenters. The predicted octanol–water partition coefficient (Wildman–Crippen LogP) is 5.09. The van der Waals surface area contributed by atoms with Crippen LogP contribution < -0.4 is 16.0 Å². The van der Waals surface area contributed by atoms with Gasteiger partial charge in [0.2, 0.25) is 0 Å². The van der Waals surface area contributed by atoms with Gasteiger partial charge in [-0.3, -0.25) is 4.79 Å². The molecule has 3 aliphatic rings. The normalized spacial score (nSPS) is 17.1. The summed E-state index contributed by atoms with van der Waals surface area (Å²) in [5, 5.41) is 2.63. The van der Waals surface area contributed by atoms with Crippen LogP contribution in [0.3, 0.4) is 0 Å². The first-order valence-corrected chi connectivity index (χ1v) is 18.6. The number of piperidine rings is 1. The Labute approximate surface area is 326 Å². The number of piperazine rings is 1. The van der Waals surface area contributed by atoms with Crippen molar-refractivity contribution in [1.29, 1.82) is 0 Å². The van der Waals surface area contributed by atoms with Crippen molar-refractivity contribution in [2.24, 2.45) is 0 Å². The smallest absolute Gasteiger partial charge is 0.418 e. The van der Waals surface area contributed by atoms with Gasteiger partial charge in [0.05, 0.1) is 28.4 Å². The standard InChI is InChI=1S/C38H43ClF3N7O7/c1-54-18-19-55-35(51)26-6-7-32(44-23-26)46-14-16-47(17-15-46)34(50)31(22-24-20-28(38(40,41)42)33(43)29(39)21-24)56-37(53)48-11-9-27(10-12-48)49-13-8-25-4-2-3-5-30(25)45-36(49)52/h2-7,20-21,23,27,31H,8-19,22,43H2,1H3,(H,45,52)/t31-/m1/s1. The number of amides is 4. The van der Waals surface area contributed by atoms with Crippen molar-refractivity contribution < 1.29 is 46.6 Å². The number of methoxy groups -OCH3 is 1. The van der Waals surface area contributed by atoms with Crippen LogP contribution in [0.4, 0.5) is 40.0 Å². The van der Waals surface area contributed by atoms with Gasteiger partial charge in [-0.25, -0.2) is 19.4 Å². The number of hydrogen-bond acceptors (Lipinski definition) is 10. The number of nitrogens with two attached hydrogens (primary N) is 1. The molecule has 1 aromatic heterocycles. The van der Waals surface area contributed by atoms with Crippen LogP contribution in [0.15, 0.2) is 54.7 Å². The van der Waals surface area contributed by atoms with Gasteiger partial charge in [0.1, 0.15) is 12.4 Å². The van der Waals surface area contributed by atoms with Crippen molar-refractivity contribution >= 4 is 52.8 Å². The van der Waals surface area contributed by atoms with E-state index in [2.05, 4.69) is 10.3 Å². The highest BCUT2D eigenvalue weighted by Crippen LogP contribution is 2.38. The molecule has 0 bridgehead atoms. The van der Waals surface area contributed by atoms with Gasteiger partial charge in [-0.15, -0.1) is 0 Å². The molecule has 0 saturated carbocycles. The highest BCUT2D eigenvalue weighted by Gasteiger charge is 2.38. The predicted molar refractivity (Wildman–Crippen MR) is 200 cm³/mol. The van der Waals surface area contributed by atoms with Gasteiger partial charge >= 0.3 is 24.3 Å². The molecule has 4 amide bonds. The number of nitrogens with zero attached hydrogens (tertiary/aromatic N) is 5. The summed E-state index contributed by atoms with van der Waals surface area (Å²) in [4.78, 5) is 64.0. The van der Waals surface area contributed by atoms with Crippen molar-refractivity contribution in [2.45, 2.75) is 44.0 Å². The summed E-state index contributed by atoms with van der Waals surface area (Å²) < 4.78 is 57.4. The number of carbonyl (C=O) groups is 4. The van der Waals surface area contributed by atoms with Crippen molar-refractivity contribution in [3.8, 4) is 0 Å². The molecule has 2 fully saturated rings. The zero-order chi connectivity index (χ0) is 40.0. The summed E-state index contributed by atoms with van der Waals surface area (Å²) in [6, 6.07) is 12.6. The lowest BCUT2D eigenvalue weighted by molar-refractivity contribution is -0.141. The first kappa shape index (κ1) is 40.4. The maximum atomic E-state index is 14.1. The van der Waals surface area contributed by atoms with E-state index in [9.17, 15) is 32.3 Å². The van der Waals surface area contributed by atoms with E-state index in [1.54, 1.807) is 17.0 Å². The molecule has 18 heteroatoms. The molecule has 0 spiro atoms. The molecule has 1 atom stereocenters. The van der Waals surface area contributed by atoms with Gasteiger partial charge < -0.3 is 44.9 Å². The number of hydrogen-bond donors (Lipinski definition) is 2. The van der Waals surface area contributed by atoms with E-state index in [0.717, 1.165) is 17.3 Å². The van der Waals surface area contributed by atoms with Crippen molar-refractivity contribution in [2.75, 3.05) is 82.1 Å². The number of alkyl halides is 3. The molecule has 56 heavy (non-hydrogen) atoms. The Bertz CT molecular complexity index is 1900. The van der Waals surface area contributed by atoms with Crippen LogP contribution in [-0.2, 0) is 38.0 Å². The Morgan fingerprint density at radius 1 is 0.982 bits per heavy atom. The molecule has 2 aromatic carbocycles. The quantitative estimate of drug-likeness (QED) is 0.161. The third kappa shape index (κ3) is 9.56. The molecule has 4 heterocycles. The summed E-state index contributed by atoms with van der Waals surface area (Å²) in [5.74, 6) is -0.560. The third-order valence-electron chi connectivity index (χ3n) is 10.2. The van der Waals surface area contributed by atoms with Crippen LogP contribution in [0, 0.1) is 0 Å². The van der Waals surface area contributed by atoms with E-state index in [-0.39, 0.29) is 74.0 Å². The number of aromatic nitrogens is 1. The highest BCUT2D eigenvalue weighted by atomic mass is 35.5. The number of likely N-dealkylation sites (tertiary alicyclic amines) is 1. The van der Waals surface area contributed by atoms with Crippen LogP contribution in [-0.4, -0.2) is 122 Å². The number of rotatable bonds is 10. The molecule has 2 saturated heterocycles. The number of benzene rings is 2. The number of pyridine rings is 1. The molecule has 0 aliphatic carbocycles. The number of fused-ring (bicyclic) bond motifs is 1. The van der Waals surface area contributed by atoms with E-state index < -0.39 is 41.5 Å². The number of esters is 1. The molecule has 300 valence electrons. The van der Waals surface area contributed by atoms with E-state index in [4.69, 9.17) is 31.5 Å². The minimum Gasteiger partial charge on any atom is -0.460 e. The Kier molecular flexibility index (Phi) is 12.7. The number of anilines is 3. The topological polar surface area (TPSA) is 160 Å². The number of nitrogen functional groups attached to an aromatic ring is 1. The van der Waals surface area contributed by atoms with Gasteiger partial charge in [0.15, 0.2) is 6.10 Å². The summed E-state index contributed by atoms with van der Waals surface area (Å²) in [6.07, 6.45) is -4.48. The molecule has 14 nitrogen and oxygen atoms in total. The van der Waals surface area contributed by atoms with Crippen molar-refractivity contribution in [3.05, 3.63) is 82.0 Å². The fourth-order valence-electron chi connectivity index (χ4n) is 7.07. The number of nitrogens with one attached hydrogen (secondary N) is 1. The highest BCUT2D eigenvalue weighted by molar-refractivity contribution is 6.33. The second-order valence-corrected chi connectivity index (χ2v) is 14.1. The van der Waals surface area contributed by atoms with E-state index in [0.29, 0.717) is 44.7 Å². The summed E-state index contributed by atoms with van der Waals surface area (Å²) >= 11 is 6.11. The summed E-state index contributed by atoms with van der Waals surface area (Å²) in [6.45, 7) is 2.42. The molecule has 3 N–H and O–H groups in total. The summed E-state index contributed by atoms with van der Waals surface area (Å²) in [7, 11) is 1.50. The fourth-order valence-corrected chi connectivity index (χ4v) is 7.31. The van der Waals surface area contributed by atoms with Gasteiger partial charge in [-0.05, 0) is 60.7 Å². The van der Waals surface area contributed by atoms with Crippen LogP contribution in [0.1, 0.15) is 39.9 Å². The maximum absolute atomic E-state index is 14.1. The first-order chi connectivity index (χ1) is 26.8. The van der Waals surface area contributed by atoms with E-state index in [1.165, 1.54) is 29.2 Å². The van der Waals surface area contributed by atoms with Gasteiger partial charge in [-0.2, -0.15) is 13.2 Å². The lowest BCUT2D eigenvalue weighted by Gasteiger charge is -2.39. The van der Waals surface area contributed by atoms with Crippen LogP contribution in [0.5, 0.6) is 0 Å². The molecular formula is C38H43ClF3N7O7. The lowest BCUT2D eigenvalue weighted by Crippen LogP contribution is -2.54. The number of carbonyl (C=O) groups excluding carboxylic acids is 4. The second kappa shape index (κ2) is 17.7. The Balaban J connectivity index is 1.11. The Morgan fingerprint density at radius 3 is 2.39 bits per heavy atom. The second-order valence-electron chi connectivity index (χ2n) is 13.7. The SMILES string of the molecule is COCCOC(=O)c1ccc(N2CCN(C(=O)[C@@H](Cc3cc(Cl)c(N)c(C(F)(F)F)c3)OC(=O)N3CCC(N4CCc5ccccc5NC4=O)CC3)CC2)nc1. The zero-order valence-electron chi connectivity index (χ0n) is 30.7. The average molecular weight is 802 g/mol. The van der Waals surface area contributed by atoms with Crippen molar-refractivity contribution in [3.63, 3.8) is 0 Å². The van der Waals surface area contributed by atoms with E-state index in [1.807, 2.05) is 29.2 Å². The largest absolute Gasteiger partial charge is 0.460 e. The molecule has 6 rings (SSSR count). The zero-order valence-corrected chi connectivity index (χ0v) is 31.5. The number of halogens is 4. The first-order valence-electron chi connectivity index (χ1n) is 18.2. The fraction of sp³-hybridized carbons (Fsp3) is 0.447. The van der Waals surface area contributed by atoms with Crippen molar-refractivity contribution in [1.82, 2.24) is 19.7 Å². The minimum absolute atomic E-state index is 0.0122. The Morgan fingerprint density at radius 2 is 1.71 bits per heavy atom. The molecule has 3 aromatic rings. The minimum atomic E-state index is -4.82. The van der Waals surface area contributed by atoms with E-state index >= 15 is 0 Å². The molecule has 0 radical (unpaired) electrons. The molecular weight excluding hydrogens is 759 g/mol. The molecule has 3 aliphatic heterocycles.